The number of hydrogen-bond acceptors (Lipinski definition) is 3. The Morgan fingerprint density at radius 1 is 1.30 bits per heavy atom. The zero-order valence-corrected chi connectivity index (χ0v) is 15.2. The van der Waals surface area contributed by atoms with E-state index in [4.69, 9.17) is 11.6 Å². The maximum atomic E-state index is 12.1. The molecule has 0 radical (unpaired) electrons. The van der Waals surface area contributed by atoms with Crippen LogP contribution in [0.5, 0.6) is 0 Å². The first-order chi connectivity index (χ1) is 10.8. The molecule has 23 heavy (non-hydrogen) atoms. The van der Waals surface area contributed by atoms with E-state index in [0.717, 1.165) is 17.7 Å². The highest BCUT2D eigenvalue weighted by Gasteiger charge is 2.17. The van der Waals surface area contributed by atoms with Crippen LogP contribution in [0.15, 0.2) is 24.3 Å². The van der Waals surface area contributed by atoms with E-state index in [2.05, 4.69) is 9.82 Å². The maximum absolute atomic E-state index is 12.1. The number of aryl methyl sites for hydroxylation is 1. The number of hydrogen-bond donors (Lipinski definition) is 1. The summed E-state index contributed by atoms with van der Waals surface area (Å²) in [6, 6.07) is 7.55. The van der Waals surface area contributed by atoms with Gasteiger partial charge in [0.25, 0.3) is 0 Å². The summed E-state index contributed by atoms with van der Waals surface area (Å²) in [5.74, 6) is 0.127. The fourth-order valence-corrected chi connectivity index (χ4v) is 3.94. The fourth-order valence-electron chi connectivity index (χ4n) is 2.35. The summed E-state index contributed by atoms with van der Waals surface area (Å²) in [5, 5.41) is 5.12. The molecule has 0 fully saturated rings. The second-order valence-corrected chi connectivity index (χ2v) is 7.89. The highest BCUT2D eigenvalue weighted by molar-refractivity contribution is 7.92. The molecule has 1 N–H and O–H groups in total. The second kappa shape index (κ2) is 7.36. The van der Waals surface area contributed by atoms with Gasteiger partial charge in [0.15, 0.2) is 0 Å². The summed E-state index contributed by atoms with van der Waals surface area (Å²) in [6.45, 7) is 6.18. The Kier molecular flexibility index (Phi) is 5.70. The summed E-state index contributed by atoms with van der Waals surface area (Å²) in [4.78, 5) is 0. The third kappa shape index (κ3) is 4.72. The number of aromatic nitrogens is 2. The molecule has 126 valence electrons. The van der Waals surface area contributed by atoms with Crippen molar-refractivity contribution < 1.29 is 8.42 Å². The SMILES string of the molecule is CCCCS(=O)(=O)Nc1c(C)nn(Cc2cccc(Cl)c2)c1C. The van der Waals surface area contributed by atoms with Gasteiger partial charge in [-0.05, 0) is 38.0 Å². The lowest BCUT2D eigenvalue weighted by molar-refractivity contribution is 0.597. The molecule has 0 saturated heterocycles. The van der Waals surface area contributed by atoms with Crippen molar-refractivity contribution in [2.75, 3.05) is 10.5 Å². The molecule has 0 unspecified atom stereocenters. The van der Waals surface area contributed by atoms with Crippen molar-refractivity contribution in [2.24, 2.45) is 0 Å². The number of nitrogens with zero attached hydrogens (tertiary/aromatic N) is 2. The van der Waals surface area contributed by atoms with Crippen LogP contribution >= 0.6 is 11.6 Å². The molecule has 5 nitrogen and oxygen atoms in total. The number of nitrogens with one attached hydrogen (secondary N) is 1. The molecule has 0 aliphatic heterocycles. The lowest BCUT2D eigenvalue weighted by Crippen LogP contribution is -2.17. The number of benzene rings is 1. The monoisotopic (exact) mass is 355 g/mol. The number of anilines is 1. The summed E-state index contributed by atoms with van der Waals surface area (Å²) < 4.78 is 28.7. The molecule has 1 aromatic heterocycles. The second-order valence-electron chi connectivity index (χ2n) is 5.61. The van der Waals surface area contributed by atoms with Crippen molar-refractivity contribution in [1.82, 2.24) is 9.78 Å². The molecule has 2 rings (SSSR count). The van der Waals surface area contributed by atoms with Crippen molar-refractivity contribution in [1.29, 1.82) is 0 Å². The smallest absolute Gasteiger partial charge is 0.232 e. The Hall–Kier alpha value is -1.53. The van der Waals surface area contributed by atoms with Crippen molar-refractivity contribution in [3.05, 3.63) is 46.2 Å². The number of sulfonamides is 1. The van der Waals surface area contributed by atoms with Crippen LogP contribution in [0.2, 0.25) is 5.02 Å². The van der Waals surface area contributed by atoms with Crippen LogP contribution in [0, 0.1) is 13.8 Å². The summed E-state index contributed by atoms with van der Waals surface area (Å²) >= 11 is 6.00. The van der Waals surface area contributed by atoms with Crippen LogP contribution in [-0.4, -0.2) is 24.0 Å². The van der Waals surface area contributed by atoms with E-state index in [-0.39, 0.29) is 5.75 Å². The minimum Gasteiger partial charge on any atom is -0.280 e. The van der Waals surface area contributed by atoms with Crippen molar-refractivity contribution in [3.8, 4) is 0 Å². The largest absolute Gasteiger partial charge is 0.280 e. The van der Waals surface area contributed by atoms with E-state index in [9.17, 15) is 8.42 Å². The number of unbranched alkanes of at least 4 members (excludes halogenated alkanes) is 1. The van der Waals surface area contributed by atoms with Crippen LogP contribution in [0.25, 0.3) is 0 Å². The standard InChI is InChI=1S/C16H22ClN3O2S/c1-4-5-9-23(21,22)19-16-12(2)18-20(13(16)3)11-14-7-6-8-15(17)10-14/h6-8,10,19H,4-5,9,11H2,1-3H3. The predicted octanol–water partition coefficient (Wildman–Crippen LogP) is 3.74. The van der Waals surface area contributed by atoms with Crippen molar-refractivity contribution >= 4 is 27.3 Å². The third-order valence-corrected chi connectivity index (χ3v) is 5.20. The quantitative estimate of drug-likeness (QED) is 0.822. The topological polar surface area (TPSA) is 64.0 Å². The number of rotatable bonds is 7. The maximum Gasteiger partial charge on any atom is 0.232 e. The van der Waals surface area contributed by atoms with E-state index in [0.29, 0.717) is 29.4 Å². The normalized spacial score (nSPS) is 11.7. The molecule has 7 heteroatoms. The first-order valence-corrected chi connectivity index (χ1v) is 9.64. The Bertz CT molecular complexity index is 785. The Balaban J connectivity index is 2.22. The summed E-state index contributed by atoms with van der Waals surface area (Å²) in [5.41, 5.74) is 3.05. The average Bonchev–Trinajstić information content (AvgIpc) is 2.73. The van der Waals surface area contributed by atoms with Crippen LogP contribution < -0.4 is 4.72 Å². The molecular weight excluding hydrogens is 334 g/mol. The molecular formula is C16H22ClN3O2S. The molecule has 1 heterocycles. The molecule has 0 bridgehead atoms. The van der Waals surface area contributed by atoms with Crippen LogP contribution in [0.1, 0.15) is 36.7 Å². The minimum atomic E-state index is -3.33. The van der Waals surface area contributed by atoms with Crippen LogP contribution in [0.4, 0.5) is 5.69 Å². The van der Waals surface area contributed by atoms with E-state index in [1.165, 1.54) is 0 Å². The lowest BCUT2D eigenvalue weighted by Gasteiger charge is -2.09. The van der Waals surface area contributed by atoms with Gasteiger partial charge in [0.2, 0.25) is 10.0 Å². The van der Waals surface area contributed by atoms with E-state index in [1.54, 1.807) is 11.6 Å². The summed E-state index contributed by atoms with van der Waals surface area (Å²) in [7, 11) is -3.33. The fraction of sp³-hybridized carbons (Fsp3) is 0.438. The molecule has 0 aliphatic carbocycles. The van der Waals surface area contributed by atoms with E-state index < -0.39 is 10.0 Å². The minimum absolute atomic E-state index is 0.127. The zero-order chi connectivity index (χ0) is 17.0. The molecule has 0 aliphatic rings. The molecule has 1 aromatic carbocycles. The van der Waals surface area contributed by atoms with E-state index >= 15 is 0 Å². The molecule has 2 aromatic rings. The lowest BCUT2D eigenvalue weighted by atomic mass is 10.2. The van der Waals surface area contributed by atoms with Gasteiger partial charge in [0, 0.05) is 5.02 Å². The number of halogens is 1. The van der Waals surface area contributed by atoms with Gasteiger partial charge in [-0.3, -0.25) is 9.40 Å². The van der Waals surface area contributed by atoms with Gasteiger partial charge < -0.3 is 0 Å². The first-order valence-electron chi connectivity index (χ1n) is 7.61. The highest BCUT2D eigenvalue weighted by Crippen LogP contribution is 2.22. The Morgan fingerprint density at radius 2 is 2.04 bits per heavy atom. The van der Waals surface area contributed by atoms with Crippen molar-refractivity contribution in [2.45, 2.75) is 40.2 Å². The van der Waals surface area contributed by atoms with Gasteiger partial charge in [-0.1, -0.05) is 37.1 Å². The predicted molar refractivity (Wildman–Crippen MR) is 94.6 cm³/mol. The van der Waals surface area contributed by atoms with Gasteiger partial charge in [-0.15, -0.1) is 0 Å². The first kappa shape index (κ1) is 17.8. The zero-order valence-electron chi connectivity index (χ0n) is 13.6. The third-order valence-electron chi connectivity index (χ3n) is 3.63. The van der Waals surface area contributed by atoms with Gasteiger partial charge in [0.1, 0.15) is 0 Å². The van der Waals surface area contributed by atoms with Gasteiger partial charge >= 0.3 is 0 Å². The van der Waals surface area contributed by atoms with Crippen LogP contribution in [-0.2, 0) is 16.6 Å². The van der Waals surface area contributed by atoms with Crippen molar-refractivity contribution in [3.63, 3.8) is 0 Å². The molecule has 0 amide bonds. The highest BCUT2D eigenvalue weighted by atomic mass is 35.5. The molecule has 0 saturated carbocycles. The summed E-state index contributed by atoms with van der Waals surface area (Å²) in [6.07, 6.45) is 1.48. The Labute approximate surface area is 142 Å². The van der Waals surface area contributed by atoms with Gasteiger partial charge in [-0.2, -0.15) is 5.10 Å². The van der Waals surface area contributed by atoms with Crippen LogP contribution in [0.3, 0.4) is 0 Å². The Morgan fingerprint density at radius 3 is 2.70 bits per heavy atom. The molecule has 0 atom stereocenters. The molecule has 0 spiro atoms. The van der Waals surface area contributed by atoms with E-state index in [1.807, 2.05) is 38.1 Å². The van der Waals surface area contributed by atoms with Gasteiger partial charge in [-0.25, -0.2) is 8.42 Å². The average molecular weight is 356 g/mol. The van der Waals surface area contributed by atoms with Gasteiger partial charge in [0.05, 0.1) is 29.4 Å².